The maximum atomic E-state index is 12.5. The van der Waals surface area contributed by atoms with Crippen LogP contribution in [0.4, 0.5) is 0 Å². The summed E-state index contributed by atoms with van der Waals surface area (Å²) in [4.78, 5) is 24.7. The highest BCUT2D eigenvalue weighted by molar-refractivity contribution is 7.59. The third kappa shape index (κ3) is 3.90. The molecule has 0 spiro atoms. The van der Waals surface area contributed by atoms with Crippen LogP contribution < -0.4 is 5.73 Å². The molecule has 1 aromatic carbocycles. The van der Waals surface area contributed by atoms with E-state index in [4.69, 9.17) is 10.5 Å². The fraction of sp³-hybridized carbons (Fsp3) is 0.529. The van der Waals surface area contributed by atoms with Gasteiger partial charge in [0.15, 0.2) is 0 Å². The molecule has 0 bridgehead atoms. The van der Waals surface area contributed by atoms with Crippen molar-refractivity contribution in [3.8, 4) is 0 Å². The lowest BCUT2D eigenvalue weighted by Crippen LogP contribution is -2.40. The lowest BCUT2D eigenvalue weighted by molar-refractivity contribution is -0.160. The van der Waals surface area contributed by atoms with Crippen molar-refractivity contribution >= 4 is 25.2 Å². The number of ketones is 1. The Hall–Kier alpha value is -1.33. The Morgan fingerprint density at radius 2 is 1.95 bits per heavy atom. The van der Waals surface area contributed by atoms with Crippen molar-refractivity contribution in [2.24, 2.45) is 17.1 Å². The minimum Gasteiger partial charge on any atom is -0.455 e. The fourth-order valence-corrected chi connectivity index (χ4v) is 3.10. The van der Waals surface area contributed by atoms with E-state index in [0.29, 0.717) is 12.8 Å². The summed E-state index contributed by atoms with van der Waals surface area (Å²) < 4.78 is 5.18. The molecule has 2 rings (SSSR count). The zero-order chi connectivity index (χ0) is 15.5. The van der Waals surface area contributed by atoms with E-state index in [1.54, 1.807) is 0 Å². The van der Waals surface area contributed by atoms with E-state index in [2.05, 4.69) is 0 Å². The molecular weight excluding hydrogens is 298 g/mol. The molecule has 0 unspecified atom stereocenters. The molecular formula is C17H25NO3S. The van der Waals surface area contributed by atoms with Crippen LogP contribution in [0.25, 0.3) is 0 Å². The van der Waals surface area contributed by atoms with Gasteiger partial charge in [0.25, 0.3) is 0 Å². The van der Waals surface area contributed by atoms with Crippen molar-refractivity contribution in [3.05, 3.63) is 35.9 Å². The lowest BCUT2D eigenvalue weighted by Gasteiger charge is -2.30. The maximum Gasteiger partial charge on any atom is 0.375 e. The van der Waals surface area contributed by atoms with Gasteiger partial charge in [-0.3, -0.25) is 4.79 Å². The molecule has 1 aromatic rings. The lowest BCUT2D eigenvalue weighted by atomic mass is 9.72. The molecule has 1 saturated carbocycles. The van der Waals surface area contributed by atoms with Gasteiger partial charge in [-0.15, -0.1) is 0 Å². The summed E-state index contributed by atoms with van der Waals surface area (Å²) in [7, 11) is 0. The number of rotatable bonds is 5. The molecule has 2 N–H and O–H groups in total. The Labute approximate surface area is 138 Å². The second-order valence-electron chi connectivity index (χ2n) is 6.20. The topological polar surface area (TPSA) is 69.4 Å². The van der Waals surface area contributed by atoms with Crippen LogP contribution in [0.5, 0.6) is 0 Å². The van der Waals surface area contributed by atoms with Gasteiger partial charge >= 0.3 is 5.97 Å². The number of carbonyl (C=O) groups excluding carboxylic acids is 2. The summed E-state index contributed by atoms with van der Waals surface area (Å²) in [6.45, 7) is 4.08. The van der Waals surface area contributed by atoms with Crippen molar-refractivity contribution in [1.29, 1.82) is 0 Å². The SMILES string of the molecule is CC(C)[C@]1(C(=O)C(=O)OCc2ccccc2)CC[C@@H](N)C1.S. The van der Waals surface area contributed by atoms with Gasteiger partial charge in [-0.05, 0) is 30.7 Å². The molecule has 0 amide bonds. The minimum absolute atomic E-state index is 0. The molecule has 2 atom stereocenters. The molecule has 0 aromatic heterocycles. The number of hydrogen-bond acceptors (Lipinski definition) is 4. The van der Waals surface area contributed by atoms with E-state index < -0.39 is 17.2 Å². The highest BCUT2D eigenvalue weighted by Gasteiger charge is 2.49. The fourth-order valence-electron chi connectivity index (χ4n) is 3.10. The average molecular weight is 323 g/mol. The predicted octanol–water partition coefficient (Wildman–Crippen LogP) is 2.57. The van der Waals surface area contributed by atoms with Crippen LogP contribution in [0.2, 0.25) is 0 Å². The van der Waals surface area contributed by atoms with E-state index in [1.165, 1.54) is 0 Å². The molecule has 0 aliphatic heterocycles. The van der Waals surface area contributed by atoms with Crippen molar-refractivity contribution in [1.82, 2.24) is 0 Å². The summed E-state index contributed by atoms with van der Waals surface area (Å²) in [5.74, 6) is -1.06. The number of Topliss-reactive ketones (excluding diaryl/α,β-unsaturated/α-hetero) is 1. The quantitative estimate of drug-likeness (QED) is 0.668. The number of nitrogens with two attached hydrogens (primary N) is 1. The first-order valence-electron chi connectivity index (χ1n) is 7.47. The molecule has 1 fully saturated rings. The summed E-state index contributed by atoms with van der Waals surface area (Å²) in [5.41, 5.74) is 6.18. The van der Waals surface area contributed by atoms with Gasteiger partial charge in [0.2, 0.25) is 5.78 Å². The second kappa shape index (κ2) is 7.79. The standard InChI is InChI=1S/C17H23NO3.H2S/c1-12(2)17(9-8-14(18)10-17)15(19)16(20)21-11-13-6-4-3-5-7-13;/h3-7,12,14H,8-11,18H2,1-2H3;1H2/t14-,17+;/m1./s1. The first-order valence-corrected chi connectivity index (χ1v) is 7.47. The Bertz CT molecular complexity index is 518. The number of benzene rings is 1. The first kappa shape index (κ1) is 18.7. The van der Waals surface area contributed by atoms with Gasteiger partial charge in [-0.2, -0.15) is 13.5 Å². The predicted molar refractivity (Wildman–Crippen MR) is 90.7 cm³/mol. The molecule has 1 aliphatic rings. The van der Waals surface area contributed by atoms with Crippen LogP contribution in [0.1, 0.15) is 38.7 Å². The number of hydrogen-bond donors (Lipinski definition) is 1. The van der Waals surface area contributed by atoms with E-state index in [0.717, 1.165) is 12.0 Å². The molecule has 0 saturated heterocycles. The summed E-state index contributed by atoms with van der Waals surface area (Å²) in [6, 6.07) is 9.36. The summed E-state index contributed by atoms with van der Waals surface area (Å²) in [6.07, 6.45) is 2.03. The van der Waals surface area contributed by atoms with Crippen molar-refractivity contribution in [2.75, 3.05) is 0 Å². The highest BCUT2D eigenvalue weighted by Crippen LogP contribution is 2.44. The molecule has 122 valence electrons. The van der Waals surface area contributed by atoms with E-state index >= 15 is 0 Å². The number of ether oxygens (including phenoxy) is 1. The van der Waals surface area contributed by atoms with Gasteiger partial charge in [0.05, 0.1) is 0 Å². The molecule has 22 heavy (non-hydrogen) atoms. The van der Waals surface area contributed by atoms with Crippen LogP contribution in [0.15, 0.2) is 30.3 Å². The van der Waals surface area contributed by atoms with Crippen LogP contribution in [-0.2, 0) is 20.9 Å². The highest BCUT2D eigenvalue weighted by atomic mass is 32.1. The Kier molecular flexibility index (Phi) is 6.63. The molecule has 1 aliphatic carbocycles. The summed E-state index contributed by atoms with van der Waals surface area (Å²) in [5, 5.41) is 0. The minimum atomic E-state index is -0.735. The third-order valence-electron chi connectivity index (χ3n) is 4.54. The molecule has 5 heteroatoms. The van der Waals surface area contributed by atoms with Crippen LogP contribution in [0, 0.1) is 11.3 Å². The zero-order valence-corrected chi connectivity index (χ0v) is 14.2. The van der Waals surface area contributed by atoms with Gasteiger partial charge in [0.1, 0.15) is 6.61 Å². The molecule has 0 heterocycles. The largest absolute Gasteiger partial charge is 0.455 e. The second-order valence-corrected chi connectivity index (χ2v) is 6.20. The van der Waals surface area contributed by atoms with E-state index in [9.17, 15) is 9.59 Å². The molecule has 4 nitrogen and oxygen atoms in total. The normalized spacial score (nSPS) is 23.9. The Balaban J connectivity index is 0.00000242. The van der Waals surface area contributed by atoms with Crippen LogP contribution >= 0.6 is 13.5 Å². The van der Waals surface area contributed by atoms with Crippen LogP contribution in [-0.4, -0.2) is 17.8 Å². The first-order chi connectivity index (χ1) is 9.95. The van der Waals surface area contributed by atoms with Crippen molar-refractivity contribution in [2.45, 2.75) is 45.8 Å². The number of esters is 1. The van der Waals surface area contributed by atoms with Gasteiger partial charge in [0, 0.05) is 11.5 Å². The third-order valence-corrected chi connectivity index (χ3v) is 4.54. The summed E-state index contributed by atoms with van der Waals surface area (Å²) >= 11 is 0. The average Bonchev–Trinajstić information content (AvgIpc) is 2.88. The van der Waals surface area contributed by atoms with Gasteiger partial charge in [-0.1, -0.05) is 44.2 Å². The monoisotopic (exact) mass is 323 g/mol. The zero-order valence-electron chi connectivity index (χ0n) is 13.2. The van der Waals surface area contributed by atoms with Crippen LogP contribution in [0.3, 0.4) is 0 Å². The number of carbonyl (C=O) groups is 2. The van der Waals surface area contributed by atoms with E-state index in [-0.39, 0.29) is 32.1 Å². The van der Waals surface area contributed by atoms with Gasteiger partial charge < -0.3 is 10.5 Å². The van der Waals surface area contributed by atoms with Crippen molar-refractivity contribution < 1.29 is 14.3 Å². The smallest absolute Gasteiger partial charge is 0.375 e. The Morgan fingerprint density at radius 1 is 1.32 bits per heavy atom. The van der Waals surface area contributed by atoms with Gasteiger partial charge in [-0.25, -0.2) is 4.79 Å². The Morgan fingerprint density at radius 3 is 2.45 bits per heavy atom. The van der Waals surface area contributed by atoms with Crippen molar-refractivity contribution in [3.63, 3.8) is 0 Å². The van der Waals surface area contributed by atoms with E-state index in [1.807, 2.05) is 44.2 Å². The molecule has 0 radical (unpaired) electrons. The maximum absolute atomic E-state index is 12.5.